The number of hydrogen-bond acceptors (Lipinski definition) is 5. The van der Waals surface area contributed by atoms with Crippen molar-refractivity contribution in [1.29, 1.82) is 0 Å². The number of amides is 4. The summed E-state index contributed by atoms with van der Waals surface area (Å²) in [6.45, 7) is 2.59. The first-order valence-corrected chi connectivity index (χ1v) is 11.8. The molecule has 0 radical (unpaired) electrons. The first-order chi connectivity index (χ1) is 16.0. The number of nitrogens with one attached hydrogen (secondary N) is 4. The van der Waals surface area contributed by atoms with E-state index in [0.29, 0.717) is 25.8 Å². The van der Waals surface area contributed by atoms with E-state index in [1.807, 2.05) is 37.3 Å². The molecule has 3 rings (SSSR count). The summed E-state index contributed by atoms with van der Waals surface area (Å²) in [6, 6.07) is 7.58. The molecule has 2 saturated heterocycles. The minimum absolute atomic E-state index is 0.00835. The molecule has 2 heterocycles. The molecular formula is C24H35N5O4. The van der Waals surface area contributed by atoms with Crippen LogP contribution in [0.1, 0.15) is 38.2 Å². The summed E-state index contributed by atoms with van der Waals surface area (Å²) < 4.78 is 0. The third kappa shape index (κ3) is 6.10. The van der Waals surface area contributed by atoms with Gasteiger partial charge in [-0.2, -0.15) is 0 Å². The number of urea groups is 1. The smallest absolute Gasteiger partial charge is 0.314 e. The Labute approximate surface area is 195 Å². The van der Waals surface area contributed by atoms with E-state index >= 15 is 0 Å². The first-order valence-electron chi connectivity index (χ1n) is 11.8. The summed E-state index contributed by atoms with van der Waals surface area (Å²) >= 11 is 0. The molecule has 0 aromatic heterocycles. The van der Waals surface area contributed by atoms with Gasteiger partial charge in [0.15, 0.2) is 0 Å². The van der Waals surface area contributed by atoms with Crippen molar-refractivity contribution in [2.75, 3.05) is 20.1 Å². The van der Waals surface area contributed by atoms with E-state index in [-0.39, 0.29) is 36.3 Å². The number of aldehydes is 1. The molecular weight excluding hydrogens is 422 g/mol. The Morgan fingerprint density at radius 2 is 1.85 bits per heavy atom. The lowest BCUT2D eigenvalue weighted by molar-refractivity contribution is -0.141. The molecule has 180 valence electrons. The van der Waals surface area contributed by atoms with Gasteiger partial charge in [-0.1, -0.05) is 30.3 Å². The van der Waals surface area contributed by atoms with Crippen LogP contribution in [0.4, 0.5) is 4.79 Å². The van der Waals surface area contributed by atoms with Gasteiger partial charge in [0.25, 0.3) is 0 Å². The lowest BCUT2D eigenvalue weighted by Crippen LogP contribution is -2.58. The molecule has 9 nitrogen and oxygen atoms in total. The highest BCUT2D eigenvalue weighted by Crippen LogP contribution is 2.33. The van der Waals surface area contributed by atoms with Crippen molar-refractivity contribution in [1.82, 2.24) is 26.2 Å². The van der Waals surface area contributed by atoms with Crippen molar-refractivity contribution in [3.05, 3.63) is 35.9 Å². The quantitative estimate of drug-likeness (QED) is 0.405. The molecule has 2 aliphatic rings. The second kappa shape index (κ2) is 11.8. The molecule has 0 bridgehead atoms. The molecule has 5 atom stereocenters. The molecule has 2 aliphatic heterocycles. The number of nitrogens with zero attached hydrogens (tertiary/aromatic N) is 1. The van der Waals surface area contributed by atoms with Crippen LogP contribution in [0.25, 0.3) is 0 Å². The minimum Gasteiger partial charge on any atom is -0.343 e. The van der Waals surface area contributed by atoms with Crippen LogP contribution in [0.2, 0.25) is 0 Å². The molecule has 1 aromatic carbocycles. The zero-order valence-corrected chi connectivity index (χ0v) is 19.4. The van der Waals surface area contributed by atoms with Crippen LogP contribution in [0.3, 0.4) is 0 Å². The average Bonchev–Trinajstić information content (AvgIpc) is 3.19. The first kappa shape index (κ1) is 24.7. The van der Waals surface area contributed by atoms with Gasteiger partial charge in [-0.25, -0.2) is 4.79 Å². The lowest BCUT2D eigenvalue weighted by atomic mass is 9.92. The van der Waals surface area contributed by atoms with Gasteiger partial charge in [0.2, 0.25) is 11.8 Å². The minimum atomic E-state index is -0.809. The fourth-order valence-electron chi connectivity index (χ4n) is 4.88. The second-order valence-electron chi connectivity index (χ2n) is 8.78. The van der Waals surface area contributed by atoms with Gasteiger partial charge in [0.05, 0.1) is 12.1 Å². The van der Waals surface area contributed by atoms with E-state index in [1.54, 1.807) is 11.9 Å². The fourth-order valence-corrected chi connectivity index (χ4v) is 4.88. The Hall–Kier alpha value is -2.94. The summed E-state index contributed by atoms with van der Waals surface area (Å²) in [5.74, 6) is -0.781. The number of rotatable bonds is 9. The van der Waals surface area contributed by atoms with Crippen molar-refractivity contribution in [3.8, 4) is 0 Å². The van der Waals surface area contributed by atoms with Crippen molar-refractivity contribution in [3.63, 3.8) is 0 Å². The van der Waals surface area contributed by atoms with E-state index < -0.39 is 18.1 Å². The maximum Gasteiger partial charge on any atom is 0.314 e. The summed E-state index contributed by atoms with van der Waals surface area (Å²) in [7, 11) is 1.72. The Bertz CT molecular complexity index is 833. The summed E-state index contributed by atoms with van der Waals surface area (Å²) in [6.07, 6.45) is 4.14. The van der Waals surface area contributed by atoms with E-state index in [2.05, 4.69) is 21.3 Å². The largest absolute Gasteiger partial charge is 0.343 e. The second-order valence-corrected chi connectivity index (χ2v) is 8.78. The Morgan fingerprint density at radius 3 is 2.52 bits per heavy atom. The number of benzene rings is 1. The number of hydrogen-bond donors (Lipinski definition) is 4. The number of carbonyl (C=O) groups excluding carboxylic acids is 4. The van der Waals surface area contributed by atoms with Crippen molar-refractivity contribution in [2.45, 2.75) is 63.2 Å². The number of likely N-dealkylation sites (N-methyl/N-ethyl adjacent to an activating group) is 1. The molecule has 4 amide bonds. The molecule has 4 N–H and O–H groups in total. The summed E-state index contributed by atoms with van der Waals surface area (Å²) in [4.78, 5) is 52.1. The van der Waals surface area contributed by atoms with Gasteiger partial charge in [-0.05, 0) is 51.6 Å². The van der Waals surface area contributed by atoms with E-state index in [0.717, 1.165) is 24.7 Å². The molecule has 0 saturated carbocycles. The standard InChI is InChI=1S/C24H35N5O4/c1-3-26-24(33)27-14-17-9-10-18-11-12-19(15-30)29(18)23(32)21(17)28-22(31)20(25-2)13-16-7-5-4-6-8-16/h4-8,15,17-21,25H,3,9-14H2,1-2H3,(H,28,31)(H2,26,27,33). The predicted octanol–water partition coefficient (Wildman–Crippen LogP) is 0.590. The third-order valence-electron chi connectivity index (χ3n) is 6.67. The Balaban J connectivity index is 1.78. The van der Waals surface area contributed by atoms with E-state index in [1.165, 1.54) is 0 Å². The van der Waals surface area contributed by atoms with E-state index in [9.17, 15) is 19.2 Å². The van der Waals surface area contributed by atoms with Crippen LogP contribution in [0, 0.1) is 5.92 Å². The highest BCUT2D eigenvalue weighted by atomic mass is 16.2. The Kier molecular flexibility index (Phi) is 8.82. The lowest BCUT2D eigenvalue weighted by Gasteiger charge is -2.31. The topological polar surface area (TPSA) is 120 Å². The van der Waals surface area contributed by atoms with Crippen LogP contribution in [0.5, 0.6) is 0 Å². The van der Waals surface area contributed by atoms with Crippen molar-refractivity contribution >= 4 is 24.1 Å². The molecule has 9 heteroatoms. The Morgan fingerprint density at radius 1 is 1.12 bits per heavy atom. The molecule has 5 unspecified atom stereocenters. The van der Waals surface area contributed by atoms with Gasteiger partial charge in [0, 0.05) is 25.0 Å². The van der Waals surface area contributed by atoms with Gasteiger partial charge in [-0.15, -0.1) is 0 Å². The summed E-state index contributed by atoms with van der Waals surface area (Å²) in [5, 5.41) is 11.5. The zero-order chi connectivity index (χ0) is 23.8. The summed E-state index contributed by atoms with van der Waals surface area (Å²) in [5.41, 5.74) is 1.01. The monoisotopic (exact) mass is 457 g/mol. The van der Waals surface area contributed by atoms with Gasteiger partial charge in [-0.3, -0.25) is 9.59 Å². The molecule has 2 fully saturated rings. The number of carbonyl (C=O) groups is 4. The van der Waals surface area contributed by atoms with Crippen LogP contribution in [0.15, 0.2) is 30.3 Å². The van der Waals surface area contributed by atoms with Crippen molar-refractivity contribution < 1.29 is 19.2 Å². The average molecular weight is 458 g/mol. The van der Waals surface area contributed by atoms with Crippen LogP contribution in [-0.4, -0.2) is 73.3 Å². The molecule has 1 aromatic rings. The maximum atomic E-state index is 13.6. The number of fused-ring (bicyclic) bond motifs is 1. The van der Waals surface area contributed by atoms with Gasteiger partial charge < -0.3 is 31.0 Å². The van der Waals surface area contributed by atoms with E-state index in [4.69, 9.17) is 0 Å². The molecule has 0 spiro atoms. The predicted molar refractivity (Wildman–Crippen MR) is 124 cm³/mol. The third-order valence-corrected chi connectivity index (χ3v) is 6.67. The molecule has 33 heavy (non-hydrogen) atoms. The van der Waals surface area contributed by atoms with Crippen LogP contribution in [-0.2, 0) is 20.8 Å². The normalized spacial score (nSPS) is 25.5. The zero-order valence-electron chi connectivity index (χ0n) is 19.4. The van der Waals surface area contributed by atoms with Gasteiger partial charge in [0.1, 0.15) is 12.3 Å². The SMILES string of the molecule is CCNC(=O)NCC1CCC2CCC(C=O)N2C(=O)C1NC(=O)C(Cc1ccccc1)NC. The van der Waals surface area contributed by atoms with Crippen molar-refractivity contribution in [2.24, 2.45) is 5.92 Å². The fraction of sp³-hybridized carbons (Fsp3) is 0.583. The highest BCUT2D eigenvalue weighted by molar-refractivity contribution is 5.92. The molecule has 0 aliphatic carbocycles. The van der Waals surface area contributed by atoms with Gasteiger partial charge >= 0.3 is 6.03 Å². The van der Waals surface area contributed by atoms with Crippen LogP contribution < -0.4 is 21.3 Å². The highest BCUT2D eigenvalue weighted by Gasteiger charge is 2.45. The maximum absolute atomic E-state index is 13.6. The van der Waals surface area contributed by atoms with Crippen LogP contribution >= 0.6 is 0 Å².